The number of aryl methyl sites for hydroxylation is 1. The van der Waals surface area contributed by atoms with Crippen molar-refractivity contribution in [1.29, 1.82) is 0 Å². The SMILES string of the molecule is Cc1cc(NC(=O)c2cnc(C3CC3)s2)ccc1Br. The predicted octanol–water partition coefficient (Wildman–Crippen LogP) is 4.34. The first kappa shape index (κ1) is 12.8. The minimum absolute atomic E-state index is 0.0777. The summed E-state index contributed by atoms with van der Waals surface area (Å²) in [4.78, 5) is 17.1. The van der Waals surface area contributed by atoms with Gasteiger partial charge in [0.05, 0.1) is 11.2 Å². The van der Waals surface area contributed by atoms with Gasteiger partial charge in [-0.2, -0.15) is 0 Å². The molecule has 1 N–H and O–H groups in total. The van der Waals surface area contributed by atoms with E-state index < -0.39 is 0 Å². The van der Waals surface area contributed by atoms with E-state index in [1.165, 1.54) is 24.2 Å². The Bertz CT molecular complexity index is 634. The van der Waals surface area contributed by atoms with Gasteiger partial charge in [0.1, 0.15) is 4.88 Å². The van der Waals surface area contributed by atoms with Crippen molar-refractivity contribution >= 4 is 38.9 Å². The van der Waals surface area contributed by atoms with Gasteiger partial charge in [-0.25, -0.2) is 4.98 Å². The lowest BCUT2D eigenvalue weighted by Gasteiger charge is -2.05. The van der Waals surface area contributed by atoms with Crippen LogP contribution in [0.4, 0.5) is 5.69 Å². The fourth-order valence-electron chi connectivity index (χ4n) is 1.83. The highest BCUT2D eigenvalue weighted by atomic mass is 79.9. The highest BCUT2D eigenvalue weighted by Crippen LogP contribution is 2.41. The second-order valence-electron chi connectivity index (χ2n) is 4.76. The minimum atomic E-state index is -0.0777. The molecule has 1 heterocycles. The number of halogens is 1. The third-order valence-electron chi connectivity index (χ3n) is 3.09. The molecule has 1 saturated carbocycles. The standard InChI is InChI=1S/C14H13BrN2OS/c1-8-6-10(4-5-11(8)15)17-13(18)12-7-16-14(19-12)9-2-3-9/h4-7,9H,2-3H2,1H3,(H,17,18). The normalized spacial score (nSPS) is 14.4. The zero-order valence-corrected chi connectivity index (χ0v) is 12.8. The summed E-state index contributed by atoms with van der Waals surface area (Å²) in [6.45, 7) is 2.00. The minimum Gasteiger partial charge on any atom is -0.321 e. The number of hydrogen-bond donors (Lipinski definition) is 1. The van der Waals surface area contributed by atoms with Gasteiger partial charge in [-0.15, -0.1) is 11.3 Å². The maximum absolute atomic E-state index is 12.1. The molecule has 0 spiro atoms. The van der Waals surface area contributed by atoms with Gasteiger partial charge < -0.3 is 5.32 Å². The van der Waals surface area contributed by atoms with Gasteiger partial charge in [-0.05, 0) is 43.5 Å². The maximum atomic E-state index is 12.1. The smallest absolute Gasteiger partial charge is 0.267 e. The second-order valence-corrected chi connectivity index (χ2v) is 6.67. The number of rotatable bonds is 3. The Morgan fingerprint density at radius 1 is 1.47 bits per heavy atom. The first-order valence-electron chi connectivity index (χ1n) is 6.17. The molecule has 1 aromatic carbocycles. The fourth-order valence-corrected chi connectivity index (χ4v) is 3.06. The molecule has 3 rings (SSSR count). The van der Waals surface area contributed by atoms with Crippen LogP contribution in [0.5, 0.6) is 0 Å². The van der Waals surface area contributed by atoms with Crippen LogP contribution in [0.15, 0.2) is 28.9 Å². The summed E-state index contributed by atoms with van der Waals surface area (Å²) in [5, 5.41) is 4.00. The Labute approximate surface area is 124 Å². The summed E-state index contributed by atoms with van der Waals surface area (Å²) in [5.41, 5.74) is 1.91. The highest BCUT2D eigenvalue weighted by molar-refractivity contribution is 9.10. The molecule has 98 valence electrons. The Morgan fingerprint density at radius 2 is 2.26 bits per heavy atom. The third kappa shape index (κ3) is 2.87. The lowest BCUT2D eigenvalue weighted by molar-refractivity contribution is 0.103. The quantitative estimate of drug-likeness (QED) is 0.905. The molecule has 0 radical (unpaired) electrons. The summed E-state index contributed by atoms with van der Waals surface area (Å²) in [6.07, 6.45) is 4.10. The number of benzene rings is 1. The van der Waals surface area contributed by atoms with Crippen LogP contribution in [0.1, 0.15) is 39.0 Å². The van der Waals surface area contributed by atoms with E-state index in [0.717, 1.165) is 20.7 Å². The highest BCUT2D eigenvalue weighted by Gasteiger charge is 2.27. The number of carbonyl (C=O) groups excluding carboxylic acids is 1. The molecule has 0 atom stereocenters. The van der Waals surface area contributed by atoms with Crippen molar-refractivity contribution in [2.75, 3.05) is 5.32 Å². The van der Waals surface area contributed by atoms with Crippen LogP contribution in [0.3, 0.4) is 0 Å². The molecule has 0 aliphatic heterocycles. The van der Waals surface area contributed by atoms with Crippen molar-refractivity contribution in [3.05, 3.63) is 44.3 Å². The number of hydrogen-bond acceptors (Lipinski definition) is 3. The fraction of sp³-hybridized carbons (Fsp3) is 0.286. The lowest BCUT2D eigenvalue weighted by atomic mass is 10.2. The molecule has 5 heteroatoms. The number of carbonyl (C=O) groups is 1. The third-order valence-corrected chi connectivity index (χ3v) is 5.14. The van der Waals surface area contributed by atoms with E-state index >= 15 is 0 Å². The maximum Gasteiger partial charge on any atom is 0.267 e. The van der Waals surface area contributed by atoms with Gasteiger partial charge in [-0.1, -0.05) is 15.9 Å². The average Bonchev–Trinajstić information content (AvgIpc) is 3.11. The van der Waals surface area contributed by atoms with Gasteiger partial charge >= 0.3 is 0 Å². The first-order chi connectivity index (χ1) is 9.13. The van der Waals surface area contributed by atoms with Crippen molar-refractivity contribution in [2.24, 2.45) is 0 Å². The molecule has 1 aliphatic rings. The monoisotopic (exact) mass is 336 g/mol. The average molecular weight is 337 g/mol. The Morgan fingerprint density at radius 3 is 2.95 bits per heavy atom. The molecule has 1 aliphatic carbocycles. The molecule has 3 nitrogen and oxygen atoms in total. The van der Waals surface area contributed by atoms with Crippen molar-refractivity contribution in [2.45, 2.75) is 25.7 Å². The van der Waals surface area contributed by atoms with Crippen LogP contribution in [0, 0.1) is 6.92 Å². The molecule has 1 amide bonds. The summed E-state index contributed by atoms with van der Waals surface area (Å²) in [7, 11) is 0. The van der Waals surface area contributed by atoms with E-state index in [4.69, 9.17) is 0 Å². The summed E-state index contributed by atoms with van der Waals surface area (Å²) in [6, 6.07) is 5.77. The predicted molar refractivity (Wildman–Crippen MR) is 80.9 cm³/mol. The van der Waals surface area contributed by atoms with Crippen LogP contribution < -0.4 is 5.32 Å². The molecule has 0 unspecified atom stereocenters. The number of thiazole rings is 1. The largest absolute Gasteiger partial charge is 0.321 e. The second kappa shape index (κ2) is 5.06. The van der Waals surface area contributed by atoms with Crippen molar-refractivity contribution in [1.82, 2.24) is 4.98 Å². The van der Waals surface area contributed by atoms with Gasteiger partial charge in [0.15, 0.2) is 0 Å². The van der Waals surface area contributed by atoms with Crippen LogP contribution in [-0.2, 0) is 0 Å². The zero-order chi connectivity index (χ0) is 13.4. The number of aromatic nitrogens is 1. The van der Waals surface area contributed by atoms with Crippen molar-refractivity contribution < 1.29 is 4.79 Å². The Balaban J connectivity index is 1.74. The Kier molecular flexibility index (Phi) is 3.41. The number of nitrogens with one attached hydrogen (secondary N) is 1. The van der Waals surface area contributed by atoms with E-state index in [9.17, 15) is 4.79 Å². The topological polar surface area (TPSA) is 42.0 Å². The first-order valence-corrected chi connectivity index (χ1v) is 7.77. The van der Waals surface area contributed by atoms with Gasteiger partial charge in [0, 0.05) is 16.1 Å². The van der Waals surface area contributed by atoms with Crippen LogP contribution >= 0.6 is 27.3 Å². The molecule has 0 bridgehead atoms. The summed E-state index contributed by atoms with van der Waals surface area (Å²) >= 11 is 4.95. The molecular weight excluding hydrogens is 324 g/mol. The lowest BCUT2D eigenvalue weighted by Crippen LogP contribution is -2.10. The van der Waals surface area contributed by atoms with E-state index in [-0.39, 0.29) is 5.91 Å². The van der Waals surface area contributed by atoms with Crippen LogP contribution in [0.2, 0.25) is 0 Å². The van der Waals surface area contributed by atoms with Crippen LogP contribution in [0.25, 0.3) is 0 Å². The molecular formula is C14H13BrN2OS. The van der Waals surface area contributed by atoms with Crippen molar-refractivity contribution in [3.63, 3.8) is 0 Å². The molecule has 1 aromatic heterocycles. The van der Waals surface area contributed by atoms with Gasteiger partial charge in [-0.3, -0.25) is 4.79 Å². The van der Waals surface area contributed by atoms with E-state index in [1.54, 1.807) is 6.20 Å². The summed E-state index contributed by atoms with van der Waals surface area (Å²) in [5.74, 6) is 0.521. The number of nitrogens with zero attached hydrogens (tertiary/aromatic N) is 1. The van der Waals surface area contributed by atoms with Crippen LogP contribution in [-0.4, -0.2) is 10.9 Å². The van der Waals surface area contributed by atoms with Crippen molar-refractivity contribution in [3.8, 4) is 0 Å². The number of amides is 1. The number of anilines is 1. The van der Waals surface area contributed by atoms with E-state index in [1.807, 2.05) is 25.1 Å². The Hall–Kier alpha value is -1.20. The van der Waals surface area contributed by atoms with Gasteiger partial charge in [0.25, 0.3) is 5.91 Å². The molecule has 0 saturated heterocycles. The summed E-state index contributed by atoms with van der Waals surface area (Å²) < 4.78 is 1.04. The molecule has 19 heavy (non-hydrogen) atoms. The van der Waals surface area contributed by atoms with E-state index in [0.29, 0.717) is 10.8 Å². The van der Waals surface area contributed by atoms with E-state index in [2.05, 4.69) is 26.2 Å². The molecule has 1 fully saturated rings. The molecule has 2 aromatic rings. The zero-order valence-electron chi connectivity index (χ0n) is 10.4. The van der Waals surface area contributed by atoms with Gasteiger partial charge in [0.2, 0.25) is 0 Å².